The standard InChI is InChI=1S/C62H44F4N4/c1-60(2)61(63,64)57-56(41-69(50-31-23-46(24-32-50)42-15-7-3-8-16-42)51-33-25-47(26-34-51)43-17-9-4-10-18-43)54(39-67)55(40-68)59(58(57)62(60,65)66)70(52-35-27-48(28-36-52)44-19-11-5-12-20-44)53-37-29-49(30-38-53)45-21-13-6-14-22-45/h3-38H,41H2,1-2H3. The van der Waals surface area contributed by atoms with E-state index < -0.39 is 51.7 Å². The zero-order valence-electron chi connectivity index (χ0n) is 38.3. The molecular weight excluding hydrogens is 877 g/mol. The second-order valence-corrected chi connectivity index (χ2v) is 17.9. The fraction of sp³-hybridized carbons (Fsp3) is 0.0968. The van der Waals surface area contributed by atoms with Gasteiger partial charge in [-0.25, -0.2) is 17.6 Å². The van der Waals surface area contributed by atoms with Gasteiger partial charge in [-0.15, -0.1) is 0 Å². The van der Waals surface area contributed by atoms with Crippen LogP contribution in [0.2, 0.25) is 0 Å². The summed E-state index contributed by atoms with van der Waals surface area (Å²) < 4.78 is 71.3. The molecule has 8 heteroatoms. The van der Waals surface area contributed by atoms with Crippen molar-refractivity contribution >= 4 is 28.4 Å². The minimum absolute atomic E-state index is 0.324. The number of benzene rings is 9. The Hall–Kier alpha value is -8.72. The molecule has 0 saturated heterocycles. The number of rotatable bonds is 11. The summed E-state index contributed by atoms with van der Waals surface area (Å²) in [5.41, 5.74) is 2.32. The fourth-order valence-corrected chi connectivity index (χ4v) is 9.57. The lowest BCUT2D eigenvalue weighted by Crippen LogP contribution is -2.39. The minimum Gasteiger partial charge on any atom is -0.337 e. The van der Waals surface area contributed by atoms with Crippen molar-refractivity contribution in [3.63, 3.8) is 0 Å². The highest BCUT2D eigenvalue weighted by molar-refractivity contribution is 5.89. The quantitative estimate of drug-likeness (QED) is 0.121. The Kier molecular flexibility index (Phi) is 11.6. The molecule has 0 bridgehead atoms. The third kappa shape index (κ3) is 7.74. The van der Waals surface area contributed by atoms with E-state index in [-0.39, 0.29) is 5.56 Å². The van der Waals surface area contributed by atoms with Crippen molar-refractivity contribution in [2.75, 3.05) is 9.80 Å². The van der Waals surface area contributed by atoms with Crippen LogP contribution in [0.25, 0.3) is 44.5 Å². The average molecular weight is 921 g/mol. The lowest BCUT2D eigenvalue weighted by Gasteiger charge is -2.33. The van der Waals surface area contributed by atoms with Crippen LogP contribution in [0.3, 0.4) is 0 Å². The van der Waals surface area contributed by atoms with Crippen LogP contribution in [0, 0.1) is 28.1 Å². The van der Waals surface area contributed by atoms with E-state index in [9.17, 15) is 10.5 Å². The van der Waals surface area contributed by atoms with Gasteiger partial charge in [-0.1, -0.05) is 170 Å². The zero-order chi connectivity index (χ0) is 48.6. The van der Waals surface area contributed by atoms with Crippen molar-refractivity contribution in [3.05, 3.63) is 246 Å². The number of halogens is 4. The van der Waals surface area contributed by atoms with E-state index in [1.165, 1.54) is 4.90 Å². The molecule has 0 spiro atoms. The maximum absolute atomic E-state index is 17.8. The van der Waals surface area contributed by atoms with Gasteiger partial charge in [0.15, 0.2) is 0 Å². The van der Waals surface area contributed by atoms with E-state index in [2.05, 4.69) is 12.1 Å². The van der Waals surface area contributed by atoms with Gasteiger partial charge in [-0.2, -0.15) is 10.5 Å². The van der Waals surface area contributed by atoms with Gasteiger partial charge >= 0.3 is 0 Å². The van der Waals surface area contributed by atoms with E-state index in [0.717, 1.165) is 58.4 Å². The number of nitriles is 2. The molecule has 0 atom stereocenters. The van der Waals surface area contributed by atoms with Crippen LogP contribution in [0.15, 0.2) is 218 Å². The highest BCUT2D eigenvalue weighted by atomic mass is 19.3. The number of hydrogen-bond acceptors (Lipinski definition) is 4. The van der Waals surface area contributed by atoms with Crippen molar-refractivity contribution in [3.8, 4) is 56.6 Å². The van der Waals surface area contributed by atoms with E-state index >= 15 is 17.6 Å². The minimum atomic E-state index is -4.22. The van der Waals surface area contributed by atoms with Gasteiger partial charge in [-0.05, 0) is 107 Å². The summed E-state index contributed by atoms with van der Waals surface area (Å²) >= 11 is 0. The van der Waals surface area contributed by atoms with Gasteiger partial charge in [0.25, 0.3) is 11.8 Å². The van der Waals surface area contributed by atoms with E-state index in [4.69, 9.17) is 0 Å². The van der Waals surface area contributed by atoms with Crippen molar-refractivity contribution in [1.82, 2.24) is 0 Å². The maximum Gasteiger partial charge on any atom is 0.286 e. The lowest BCUT2D eigenvalue weighted by molar-refractivity contribution is -0.212. The molecule has 1 aliphatic rings. The molecule has 0 aromatic heterocycles. The van der Waals surface area contributed by atoms with Crippen LogP contribution in [0.5, 0.6) is 0 Å². The Labute approximate surface area is 405 Å². The van der Waals surface area contributed by atoms with Crippen LogP contribution in [0.1, 0.15) is 41.7 Å². The molecule has 0 amide bonds. The first-order valence-corrected chi connectivity index (χ1v) is 22.9. The van der Waals surface area contributed by atoms with E-state index in [1.54, 1.807) is 29.2 Å². The fourth-order valence-electron chi connectivity index (χ4n) is 9.57. The predicted molar refractivity (Wildman–Crippen MR) is 273 cm³/mol. The summed E-state index contributed by atoms with van der Waals surface area (Å²) in [6.45, 7) is 1.26. The molecule has 0 saturated carbocycles. The highest BCUT2D eigenvalue weighted by Gasteiger charge is 2.73. The Balaban J connectivity index is 1.21. The molecule has 9 aromatic rings. The topological polar surface area (TPSA) is 54.1 Å². The second-order valence-electron chi connectivity index (χ2n) is 17.9. The first-order valence-electron chi connectivity index (χ1n) is 22.9. The summed E-state index contributed by atoms with van der Waals surface area (Å²) in [5, 5.41) is 22.6. The van der Waals surface area contributed by atoms with Gasteiger partial charge in [0.1, 0.15) is 17.6 Å². The molecular formula is C62H44F4N4. The SMILES string of the molecule is CC1(C)C(F)(F)c2c(CN(c3ccc(-c4ccccc4)cc3)c3ccc(-c4ccccc4)cc3)c(C#N)c(C#N)c(N(c3ccc(-c4ccccc4)cc3)c3ccc(-c4ccccc4)cc3)c2C1(F)F. The largest absolute Gasteiger partial charge is 0.337 e. The summed E-state index contributed by atoms with van der Waals surface area (Å²) in [6, 6.07) is 72.1. The van der Waals surface area contributed by atoms with Gasteiger partial charge in [-0.3, -0.25) is 0 Å². The van der Waals surface area contributed by atoms with Gasteiger partial charge in [0.05, 0.1) is 28.9 Å². The normalized spacial score (nSPS) is 13.9. The molecule has 0 N–H and O–H groups in total. The van der Waals surface area contributed by atoms with Crippen LogP contribution in [0.4, 0.5) is 46.0 Å². The molecule has 0 aliphatic heterocycles. The van der Waals surface area contributed by atoms with E-state index in [0.29, 0.717) is 22.7 Å². The zero-order valence-corrected chi connectivity index (χ0v) is 38.3. The van der Waals surface area contributed by atoms with Gasteiger partial charge in [0.2, 0.25) is 0 Å². The number of anilines is 5. The average Bonchev–Trinajstić information content (AvgIpc) is 3.52. The molecule has 0 heterocycles. The first kappa shape index (κ1) is 45.1. The molecule has 9 aromatic carbocycles. The molecule has 0 unspecified atom stereocenters. The van der Waals surface area contributed by atoms with Gasteiger partial charge < -0.3 is 9.80 Å². The van der Waals surface area contributed by atoms with Crippen LogP contribution in [-0.2, 0) is 18.4 Å². The monoisotopic (exact) mass is 920 g/mol. The van der Waals surface area contributed by atoms with Crippen LogP contribution < -0.4 is 9.80 Å². The molecule has 10 rings (SSSR count). The lowest BCUT2D eigenvalue weighted by atomic mass is 9.83. The highest BCUT2D eigenvalue weighted by Crippen LogP contribution is 2.69. The molecule has 70 heavy (non-hydrogen) atoms. The molecule has 1 aliphatic carbocycles. The summed E-state index contributed by atoms with van der Waals surface area (Å²) in [5.74, 6) is -8.42. The summed E-state index contributed by atoms with van der Waals surface area (Å²) in [4.78, 5) is 3.17. The van der Waals surface area contributed by atoms with Crippen molar-refractivity contribution in [1.29, 1.82) is 10.5 Å². The van der Waals surface area contributed by atoms with Crippen molar-refractivity contribution in [2.24, 2.45) is 5.41 Å². The number of nitrogens with zero attached hydrogens (tertiary/aromatic N) is 4. The van der Waals surface area contributed by atoms with Gasteiger partial charge in [0, 0.05) is 33.9 Å². The summed E-state index contributed by atoms with van der Waals surface area (Å²) in [7, 11) is 0. The van der Waals surface area contributed by atoms with E-state index in [1.807, 2.05) is 194 Å². The van der Waals surface area contributed by atoms with Crippen LogP contribution in [-0.4, -0.2) is 0 Å². The third-order valence-electron chi connectivity index (χ3n) is 13.6. The molecule has 0 radical (unpaired) electrons. The Morgan fingerprint density at radius 3 is 0.971 bits per heavy atom. The second kappa shape index (κ2) is 18.1. The van der Waals surface area contributed by atoms with Crippen molar-refractivity contribution < 1.29 is 17.6 Å². The predicted octanol–water partition coefficient (Wildman–Crippen LogP) is 17.1. The van der Waals surface area contributed by atoms with Crippen LogP contribution >= 0.6 is 0 Å². The third-order valence-corrected chi connectivity index (χ3v) is 13.6. The Morgan fingerprint density at radius 2 is 0.657 bits per heavy atom. The first-order chi connectivity index (χ1) is 33.9. The Morgan fingerprint density at radius 1 is 0.371 bits per heavy atom. The Bertz CT molecular complexity index is 3240. The molecule has 0 fully saturated rings. The number of hydrogen-bond donors (Lipinski definition) is 0. The molecule has 4 nitrogen and oxygen atoms in total. The summed E-state index contributed by atoms with van der Waals surface area (Å²) in [6.07, 6.45) is 0. The van der Waals surface area contributed by atoms with Crippen molar-refractivity contribution in [2.45, 2.75) is 32.2 Å². The molecule has 340 valence electrons. The number of fused-ring (bicyclic) bond motifs is 1. The maximum atomic E-state index is 17.8. The smallest absolute Gasteiger partial charge is 0.286 e. The number of alkyl halides is 4.